The van der Waals surface area contributed by atoms with Crippen LogP contribution in [0.2, 0.25) is 5.02 Å². The summed E-state index contributed by atoms with van der Waals surface area (Å²) < 4.78 is 13.4. The highest BCUT2D eigenvalue weighted by Crippen LogP contribution is 2.32. The molecule has 1 aromatic rings. The highest BCUT2D eigenvalue weighted by molar-refractivity contribution is 6.30. The minimum atomic E-state index is -0.626. The lowest BCUT2D eigenvalue weighted by molar-refractivity contribution is 0.246. The van der Waals surface area contributed by atoms with Gasteiger partial charge in [-0.05, 0) is 73.9 Å². The van der Waals surface area contributed by atoms with Crippen LogP contribution in [0.5, 0.6) is 0 Å². The zero-order valence-corrected chi connectivity index (χ0v) is 15.5. The van der Waals surface area contributed by atoms with Crippen LogP contribution in [0.3, 0.4) is 0 Å². The smallest absolute Gasteiger partial charge is 0.114 e. The molecule has 4 heteroatoms. The molecule has 24 heavy (non-hydrogen) atoms. The van der Waals surface area contributed by atoms with Gasteiger partial charge in [0.05, 0.1) is 0 Å². The van der Waals surface area contributed by atoms with E-state index in [-0.39, 0.29) is 0 Å². The monoisotopic (exact) mass is 352 g/mol. The van der Waals surface area contributed by atoms with Gasteiger partial charge in [-0.15, -0.1) is 0 Å². The zero-order valence-electron chi connectivity index (χ0n) is 14.7. The van der Waals surface area contributed by atoms with Gasteiger partial charge in [-0.25, -0.2) is 4.39 Å². The fourth-order valence-corrected chi connectivity index (χ4v) is 4.44. The third-order valence-electron chi connectivity index (χ3n) is 5.70. The number of nitrogens with zero attached hydrogens (tertiary/aromatic N) is 1. The van der Waals surface area contributed by atoms with Gasteiger partial charge in [0.25, 0.3) is 0 Å². The Morgan fingerprint density at radius 1 is 1.29 bits per heavy atom. The van der Waals surface area contributed by atoms with E-state index in [1.165, 1.54) is 24.0 Å². The molecule has 2 aliphatic heterocycles. The molecule has 0 saturated carbocycles. The van der Waals surface area contributed by atoms with Crippen LogP contribution in [0, 0.1) is 5.92 Å². The van der Waals surface area contributed by atoms with Gasteiger partial charge in [0, 0.05) is 24.7 Å². The van der Waals surface area contributed by atoms with E-state index in [2.05, 4.69) is 29.3 Å². The average molecular weight is 353 g/mol. The van der Waals surface area contributed by atoms with Crippen molar-refractivity contribution < 1.29 is 4.39 Å². The summed E-state index contributed by atoms with van der Waals surface area (Å²) in [5, 5.41) is 4.29. The van der Waals surface area contributed by atoms with Crippen molar-refractivity contribution in [1.82, 2.24) is 10.2 Å². The summed E-state index contributed by atoms with van der Waals surface area (Å²) in [6.45, 7) is 7.00. The maximum Gasteiger partial charge on any atom is 0.114 e. The van der Waals surface area contributed by atoms with Crippen LogP contribution in [-0.4, -0.2) is 43.8 Å². The van der Waals surface area contributed by atoms with Crippen molar-refractivity contribution in [3.63, 3.8) is 0 Å². The quantitative estimate of drug-likeness (QED) is 0.815. The van der Waals surface area contributed by atoms with E-state index in [0.717, 1.165) is 44.0 Å². The molecule has 134 valence electrons. The molecule has 1 aromatic carbocycles. The minimum Gasteiger partial charge on any atom is -0.317 e. The average Bonchev–Trinajstić information content (AvgIpc) is 3.00. The number of benzene rings is 1. The van der Waals surface area contributed by atoms with Gasteiger partial charge in [0.2, 0.25) is 0 Å². The number of likely N-dealkylation sites (tertiary alicyclic amines) is 1. The van der Waals surface area contributed by atoms with Crippen molar-refractivity contribution in [2.45, 2.75) is 51.1 Å². The Morgan fingerprint density at radius 2 is 2.08 bits per heavy atom. The normalized spacial score (nSPS) is 24.4. The van der Waals surface area contributed by atoms with Crippen molar-refractivity contribution in [2.75, 3.05) is 32.7 Å². The van der Waals surface area contributed by atoms with E-state index in [1.807, 2.05) is 6.07 Å². The number of nitrogens with one attached hydrogen (secondary N) is 1. The number of alkyl halides is 1. The number of hydrogen-bond donors (Lipinski definition) is 1. The molecule has 0 spiro atoms. The predicted octanol–water partition coefficient (Wildman–Crippen LogP) is 4.42. The fraction of sp³-hybridized carbons (Fsp3) is 0.700. The molecule has 1 N–H and O–H groups in total. The lowest BCUT2D eigenvalue weighted by Gasteiger charge is -2.28. The van der Waals surface area contributed by atoms with Crippen LogP contribution in [0.4, 0.5) is 4.39 Å². The van der Waals surface area contributed by atoms with Crippen molar-refractivity contribution in [2.24, 2.45) is 5.92 Å². The van der Waals surface area contributed by atoms with Crippen molar-refractivity contribution >= 4 is 11.6 Å². The summed E-state index contributed by atoms with van der Waals surface area (Å²) in [6.07, 6.45) is 4.69. The fourth-order valence-electron chi connectivity index (χ4n) is 4.25. The molecule has 3 rings (SSSR count). The van der Waals surface area contributed by atoms with Crippen LogP contribution in [0.25, 0.3) is 0 Å². The van der Waals surface area contributed by atoms with E-state index in [9.17, 15) is 4.39 Å². The molecule has 2 aliphatic rings. The Morgan fingerprint density at radius 3 is 2.75 bits per heavy atom. The Kier molecular flexibility index (Phi) is 6.54. The first-order chi connectivity index (χ1) is 11.7. The summed E-state index contributed by atoms with van der Waals surface area (Å²) in [5.74, 6) is 1.23. The molecule has 2 atom stereocenters. The predicted molar refractivity (Wildman–Crippen MR) is 99.7 cm³/mol. The molecule has 0 bridgehead atoms. The molecule has 2 fully saturated rings. The Balaban J connectivity index is 1.70. The minimum absolute atomic E-state index is 0.578. The molecule has 0 aromatic heterocycles. The Hall–Kier alpha value is -0.640. The second-order valence-corrected chi connectivity index (χ2v) is 7.93. The maximum atomic E-state index is 13.4. The molecule has 2 heterocycles. The van der Waals surface area contributed by atoms with Gasteiger partial charge in [-0.3, -0.25) is 0 Å². The molecule has 1 unspecified atom stereocenters. The first-order valence-electron chi connectivity index (χ1n) is 9.51. The van der Waals surface area contributed by atoms with Crippen LogP contribution < -0.4 is 5.32 Å². The van der Waals surface area contributed by atoms with Gasteiger partial charge in [0.15, 0.2) is 0 Å². The summed E-state index contributed by atoms with van der Waals surface area (Å²) in [4.78, 5) is 2.30. The van der Waals surface area contributed by atoms with Crippen LogP contribution in [-0.2, 0) is 6.42 Å². The summed E-state index contributed by atoms with van der Waals surface area (Å²) in [7, 11) is 0. The van der Waals surface area contributed by atoms with Crippen molar-refractivity contribution in [1.29, 1.82) is 0 Å². The lowest BCUT2D eigenvalue weighted by Crippen LogP contribution is -2.29. The van der Waals surface area contributed by atoms with Gasteiger partial charge in [-0.2, -0.15) is 0 Å². The largest absolute Gasteiger partial charge is 0.317 e. The van der Waals surface area contributed by atoms with Crippen LogP contribution in [0.15, 0.2) is 18.2 Å². The first kappa shape index (κ1) is 18.2. The molecule has 0 aliphatic carbocycles. The van der Waals surface area contributed by atoms with E-state index in [1.54, 1.807) is 0 Å². The van der Waals surface area contributed by atoms with E-state index in [4.69, 9.17) is 11.6 Å². The molecule has 2 nitrogen and oxygen atoms in total. The molecular formula is C20H30ClFN2. The second kappa shape index (κ2) is 8.64. The van der Waals surface area contributed by atoms with E-state index >= 15 is 0 Å². The summed E-state index contributed by atoms with van der Waals surface area (Å²) in [6, 6.07) is 6.45. The van der Waals surface area contributed by atoms with Gasteiger partial charge >= 0.3 is 0 Å². The molecular weight excluding hydrogens is 323 g/mol. The van der Waals surface area contributed by atoms with Crippen LogP contribution in [0.1, 0.15) is 49.7 Å². The third kappa shape index (κ3) is 4.71. The summed E-state index contributed by atoms with van der Waals surface area (Å²) >= 11 is 6.30. The number of piperidine rings is 1. The molecule has 2 saturated heterocycles. The highest BCUT2D eigenvalue weighted by atomic mass is 35.5. The number of halogens is 2. The topological polar surface area (TPSA) is 15.3 Å². The molecule has 0 radical (unpaired) electrons. The van der Waals surface area contributed by atoms with Crippen molar-refractivity contribution in [3.05, 3.63) is 34.3 Å². The van der Waals surface area contributed by atoms with E-state index < -0.39 is 6.17 Å². The number of rotatable bonds is 6. The number of hydrogen-bond acceptors (Lipinski definition) is 2. The van der Waals surface area contributed by atoms with Gasteiger partial charge < -0.3 is 10.2 Å². The Bertz CT molecular complexity index is 530. The van der Waals surface area contributed by atoms with Gasteiger partial charge in [-0.1, -0.05) is 31.0 Å². The van der Waals surface area contributed by atoms with Crippen molar-refractivity contribution in [3.8, 4) is 0 Å². The first-order valence-corrected chi connectivity index (χ1v) is 9.89. The third-order valence-corrected chi connectivity index (χ3v) is 5.94. The Labute approximate surface area is 150 Å². The van der Waals surface area contributed by atoms with Crippen LogP contribution >= 0.6 is 11.6 Å². The zero-order chi connectivity index (χ0) is 16.9. The summed E-state index contributed by atoms with van der Waals surface area (Å²) in [5.41, 5.74) is 2.90. The van der Waals surface area contributed by atoms with Gasteiger partial charge in [0.1, 0.15) is 6.17 Å². The second-order valence-electron chi connectivity index (χ2n) is 7.49. The standard InChI is InChI=1S/C20H30ClFN2/c1-2-15(13-24-10-7-19(22)14-24)11-17-12-18(21)3-4-20(17)16-5-8-23-9-6-16/h3-4,12,15-16,19,23H,2,5-11,13-14H2,1H3/t15?,19-/m1/s1. The maximum absolute atomic E-state index is 13.4. The molecule has 0 amide bonds. The highest BCUT2D eigenvalue weighted by Gasteiger charge is 2.25. The SMILES string of the molecule is CCC(Cc1cc(Cl)ccc1C1CCNCC1)CN1CC[C@@H](F)C1. The van der Waals surface area contributed by atoms with E-state index in [0.29, 0.717) is 24.8 Å². The lowest BCUT2D eigenvalue weighted by atomic mass is 9.84.